The molecule has 15 rings (SSSR count). The van der Waals surface area contributed by atoms with Gasteiger partial charge in [0.25, 0.3) is 0 Å². The monoisotopic (exact) mass is 1010 g/mol. The summed E-state index contributed by atoms with van der Waals surface area (Å²) < 4.78 is 0. The van der Waals surface area contributed by atoms with Crippen molar-refractivity contribution in [2.45, 2.75) is 30.9 Å². The first-order chi connectivity index (χ1) is 38.7. The van der Waals surface area contributed by atoms with Gasteiger partial charge in [-0.25, -0.2) is 0 Å². The normalized spacial score (nSPS) is 16.3. The average Bonchev–Trinajstić information content (AvgIpc) is 4.16. The minimum absolute atomic E-state index is 0.237. The second kappa shape index (κ2) is 19.6. The molecule has 1 nitrogen and oxygen atoms in total. The number of fused-ring (bicyclic) bond motifs is 6. The van der Waals surface area contributed by atoms with E-state index in [0.717, 1.165) is 31.4 Å². The molecule has 1 aliphatic heterocycles. The molecule has 0 N–H and O–H groups in total. The molecule has 0 radical (unpaired) electrons. The van der Waals surface area contributed by atoms with Crippen molar-refractivity contribution in [2.24, 2.45) is 5.92 Å². The van der Waals surface area contributed by atoms with Crippen molar-refractivity contribution in [3.8, 4) is 33.4 Å². The number of hydrogen-bond donors (Lipinski definition) is 0. The van der Waals surface area contributed by atoms with Gasteiger partial charge in [0, 0.05) is 43.8 Å². The standard InChI is InChI=1S/C76H55NS/c1-3-17-50(18-4-1)54-35-40-61(41-36-54)77(62-42-37-55(38-43-62)51-19-5-2-6-20-51)76-68-29-15-13-27-65(68)75(66-28-14-16-30-69(66)76)72-46-45-71(78-72)58-39-44-67-70(49-58)74(60-34-32-53-22-8-10-24-57(53)48-60)64-26-12-11-25-63(64)73(67)59-33-31-52-21-7-9-23-56(52)47-59/h1,3-5,7-37,39-44,46-49,55,71H,2,6,38,45H2. The van der Waals surface area contributed by atoms with Crippen LogP contribution in [0.1, 0.15) is 42.1 Å². The van der Waals surface area contributed by atoms with Crippen molar-refractivity contribution in [1.82, 2.24) is 0 Å². The Morgan fingerprint density at radius 1 is 0.372 bits per heavy atom. The van der Waals surface area contributed by atoms with E-state index in [2.05, 4.69) is 278 Å². The molecule has 12 aromatic carbocycles. The summed E-state index contributed by atoms with van der Waals surface area (Å²) >= 11 is 2.03. The van der Waals surface area contributed by atoms with Crippen molar-refractivity contribution >= 4 is 92.7 Å². The Bertz CT molecular complexity index is 4480. The Balaban J connectivity index is 0.863. The molecule has 2 atom stereocenters. The Labute approximate surface area is 460 Å². The molecule has 0 saturated carbocycles. The molecular formula is C76H55NS. The molecule has 78 heavy (non-hydrogen) atoms. The molecule has 0 amide bonds. The highest BCUT2D eigenvalue weighted by Gasteiger charge is 2.29. The molecule has 370 valence electrons. The third-order valence-electron chi connectivity index (χ3n) is 16.7. The van der Waals surface area contributed by atoms with Crippen LogP contribution in [0.2, 0.25) is 0 Å². The summed E-state index contributed by atoms with van der Waals surface area (Å²) in [6.45, 7) is 0. The van der Waals surface area contributed by atoms with Crippen LogP contribution < -0.4 is 4.90 Å². The predicted molar refractivity (Wildman–Crippen MR) is 338 cm³/mol. The Kier molecular flexibility index (Phi) is 11.6. The van der Waals surface area contributed by atoms with E-state index in [1.54, 1.807) is 0 Å². The number of hydrogen-bond acceptors (Lipinski definition) is 2. The minimum Gasteiger partial charge on any atom is -0.310 e. The molecular weight excluding hydrogens is 959 g/mol. The fourth-order valence-corrected chi connectivity index (χ4v) is 14.2. The van der Waals surface area contributed by atoms with Gasteiger partial charge in [0.05, 0.1) is 5.69 Å². The average molecular weight is 1010 g/mol. The van der Waals surface area contributed by atoms with Crippen LogP contribution in [0.4, 0.5) is 11.4 Å². The van der Waals surface area contributed by atoms with Crippen LogP contribution in [0.5, 0.6) is 0 Å². The van der Waals surface area contributed by atoms with E-state index in [0.29, 0.717) is 5.92 Å². The third kappa shape index (κ3) is 8.10. The van der Waals surface area contributed by atoms with Gasteiger partial charge in [0.2, 0.25) is 0 Å². The molecule has 3 aliphatic rings. The maximum absolute atomic E-state index is 2.54. The van der Waals surface area contributed by atoms with E-state index in [1.165, 1.54) is 131 Å². The van der Waals surface area contributed by atoms with E-state index in [4.69, 9.17) is 0 Å². The third-order valence-corrected chi connectivity index (χ3v) is 18.1. The zero-order chi connectivity index (χ0) is 51.5. The molecule has 0 aromatic heterocycles. The highest BCUT2D eigenvalue weighted by Crippen LogP contribution is 2.55. The Hall–Kier alpha value is -8.95. The van der Waals surface area contributed by atoms with E-state index in [9.17, 15) is 0 Å². The first-order valence-corrected chi connectivity index (χ1v) is 28.5. The summed E-state index contributed by atoms with van der Waals surface area (Å²) in [6.07, 6.45) is 21.1. The van der Waals surface area contributed by atoms with Gasteiger partial charge in [-0.1, -0.05) is 237 Å². The van der Waals surface area contributed by atoms with Gasteiger partial charge in [-0.05, 0) is 160 Å². The zero-order valence-electron chi connectivity index (χ0n) is 43.3. The lowest BCUT2D eigenvalue weighted by Crippen LogP contribution is -2.19. The van der Waals surface area contributed by atoms with E-state index in [-0.39, 0.29) is 5.25 Å². The summed E-state index contributed by atoms with van der Waals surface area (Å²) in [6, 6.07) is 86.2. The quantitative estimate of drug-likeness (QED) is 0.133. The molecule has 0 bridgehead atoms. The first kappa shape index (κ1) is 46.4. The summed E-state index contributed by atoms with van der Waals surface area (Å²) in [7, 11) is 0. The maximum Gasteiger partial charge on any atom is 0.0618 e. The Morgan fingerprint density at radius 3 is 1.51 bits per heavy atom. The van der Waals surface area contributed by atoms with Crippen LogP contribution >= 0.6 is 11.8 Å². The summed E-state index contributed by atoms with van der Waals surface area (Å²) in [5, 5.41) is 15.4. The molecule has 0 spiro atoms. The highest BCUT2D eigenvalue weighted by atomic mass is 32.2. The van der Waals surface area contributed by atoms with Gasteiger partial charge in [-0.15, -0.1) is 11.8 Å². The molecule has 2 aliphatic carbocycles. The number of allylic oxidation sites excluding steroid dienone is 8. The Morgan fingerprint density at radius 2 is 0.910 bits per heavy atom. The van der Waals surface area contributed by atoms with Gasteiger partial charge >= 0.3 is 0 Å². The van der Waals surface area contributed by atoms with Crippen LogP contribution in [0.15, 0.2) is 284 Å². The van der Waals surface area contributed by atoms with Crippen LogP contribution in [-0.2, 0) is 0 Å². The lowest BCUT2D eigenvalue weighted by molar-refractivity contribution is 0.762. The lowest BCUT2D eigenvalue weighted by atomic mass is 9.84. The number of rotatable bonds is 9. The van der Waals surface area contributed by atoms with Crippen molar-refractivity contribution in [2.75, 3.05) is 4.90 Å². The van der Waals surface area contributed by atoms with Crippen LogP contribution in [-0.4, -0.2) is 0 Å². The second-order valence-corrected chi connectivity index (χ2v) is 22.5. The SMILES string of the molecule is C1=CC(C2C=CC(N(c3ccc(-c4ccccc4)cc3)c3c4ccccc4c(C4=CCC(c5ccc6c(-c7ccc8ccccc8c7)c7ccccc7c(-c7ccc8ccccc8c7)c6c5)S4)c4ccccc34)=CC2)=CCC1. The number of nitrogens with zero attached hydrogens (tertiary/aromatic N) is 1. The smallest absolute Gasteiger partial charge is 0.0618 e. The van der Waals surface area contributed by atoms with Gasteiger partial charge in [0.1, 0.15) is 0 Å². The second-order valence-electron chi connectivity index (χ2n) is 21.2. The lowest BCUT2D eigenvalue weighted by Gasteiger charge is -2.32. The van der Waals surface area contributed by atoms with E-state index in [1.807, 2.05) is 11.8 Å². The molecule has 0 saturated heterocycles. The number of anilines is 2. The van der Waals surface area contributed by atoms with Crippen molar-refractivity contribution < 1.29 is 0 Å². The van der Waals surface area contributed by atoms with Crippen LogP contribution in [0.3, 0.4) is 0 Å². The fraction of sp³-hybridized carbons (Fsp3) is 0.0789. The molecule has 2 heteroatoms. The predicted octanol–water partition coefficient (Wildman–Crippen LogP) is 21.7. The van der Waals surface area contributed by atoms with Crippen molar-refractivity contribution in [3.63, 3.8) is 0 Å². The van der Waals surface area contributed by atoms with Crippen LogP contribution in [0, 0.1) is 5.92 Å². The molecule has 0 fully saturated rings. The van der Waals surface area contributed by atoms with Crippen molar-refractivity contribution in [3.05, 3.63) is 295 Å². The number of thioether (sulfide) groups is 1. The summed E-state index contributed by atoms with van der Waals surface area (Å²) in [5.74, 6) is 0.377. The minimum atomic E-state index is 0.237. The molecule has 12 aromatic rings. The largest absolute Gasteiger partial charge is 0.310 e. The van der Waals surface area contributed by atoms with Crippen molar-refractivity contribution in [1.29, 1.82) is 0 Å². The van der Waals surface area contributed by atoms with Gasteiger partial charge in [0.15, 0.2) is 0 Å². The van der Waals surface area contributed by atoms with Gasteiger partial charge < -0.3 is 4.90 Å². The van der Waals surface area contributed by atoms with Gasteiger partial charge in [-0.2, -0.15) is 0 Å². The first-order valence-electron chi connectivity index (χ1n) is 27.7. The van der Waals surface area contributed by atoms with Gasteiger partial charge in [-0.3, -0.25) is 0 Å². The molecule has 2 unspecified atom stereocenters. The summed E-state index contributed by atoms with van der Waals surface area (Å²) in [5.41, 5.74) is 15.2. The highest BCUT2D eigenvalue weighted by molar-refractivity contribution is 8.08. The zero-order valence-corrected chi connectivity index (χ0v) is 44.1. The maximum atomic E-state index is 2.54. The fourth-order valence-electron chi connectivity index (χ4n) is 12.9. The van der Waals surface area contributed by atoms with E-state index >= 15 is 0 Å². The molecule has 1 heterocycles. The number of benzene rings is 12. The van der Waals surface area contributed by atoms with Crippen LogP contribution in [0.25, 0.3) is 103 Å². The van der Waals surface area contributed by atoms with E-state index < -0.39 is 0 Å². The summed E-state index contributed by atoms with van der Waals surface area (Å²) in [4.78, 5) is 3.88. The topological polar surface area (TPSA) is 3.24 Å².